The van der Waals surface area contributed by atoms with Crippen molar-refractivity contribution in [3.63, 3.8) is 0 Å². The maximum absolute atomic E-state index is 12.4. The Morgan fingerprint density at radius 2 is 1.84 bits per heavy atom. The normalized spacial score (nSPS) is 13.7. The standard InChI is InChI=1S/C26H32N6O4S/c1-2-3-16-36-26(34)32-14-9-19(10-15-32)11-17-35-23-6-4-5-21(28-23)30-25(33)31-22-18-37-24(29-22)20-7-12-27-13-8-20/h4-8,12-13,18-19H,2-3,9-11,14-17H2,1H3,(H2,28,30,31,33). The molecule has 1 aliphatic heterocycles. The quantitative estimate of drug-likeness (QED) is 0.328. The molecule has 0 radical (unpaired) electrons. The zero-order valence-corrected chi connectivity index (χ0v) is 21.7. The van der Waals surface area contributed by atoms with Crippen LogP contribution in [-0.4, -0.2) is 58.3 Å². The first kappa shape index (κ1) is 26.3. The number of pyridine rings is 2. The monoisotopic (exact) mass is 524 g/mol. The van der Waals surface area contributed by atoms with Crippen molar-refractivity contribution in [3.05, 3.63) is 48.1 Å². The lowest BCUT2D eigenvalue weighted by molar-refractivity contribution is 0.0841. The number of carbonyl (C=O) groups is 2. The number of carbonyl (C=O) groups excluding carboxylic acids is 2. The highest BCUT2D eigenvalue weighted by Gasteiger charge is 2.23. The van der Waals surface area contributed by atoms with Crippen LogP contribution in [0.3, 0.4) is 0 Å². The minimum absolute atomic E-state index is 0.204. The van der Waals surface area contributed by atoms with Gasteiger partial charge in [-0.05, 0) is 49.8 Å². The van der Waals surface area contributed by atoms with Crippen LogP contribution in [0.1, 0.15) is 39.0 Å². The third-order valence-electron chi connectivity index (χ3n) is 6.01. The van der Waals surface area contributed by atoms with Gasteiger partial charge in [-0.3, -0.25) is 15.6 Å². The summed E-state index contributed by atoms with van der Waals surface area (Å²) in [5, 5.41) is 8.02. The molecule has 4 heterocycles. The lowest BCUT2D eigenvalue weighted by Crippen LogP contribution is -2.39. The first-order valence-corrected chi connectivity index (χ1v) is 13.4. The molecule has 2 N–H and O–H groups in total. The van der Waals surface area contributed by atoms with Gasteiger partial charge in [-0.25, -0.2) is 14.6 Å². The van der Waals surface area contributed by atoms with Crippen LogP contribution < -0.4 is 15.4 Å². The fraction of sp³-hybridized carbons (Fsp3) is 0.423. The molecule has 0 aromatic carbocycles. The maximum atomic E-state index is 12.4. The second-order valence-corrected chi connectivity index (χ2v) is 9.61. The number of amides is 3. The smallest absolute Gasteiger partial charge is 0.409 e. The predicted molar refractivity (Wildman–Crippen MR) is 143 cm³/mol. The van der Waals surface area contributed by atoms with E-state index >= 15 is 0 Å². The summed E-state index contributed by atoms with van der Waals surface area (Å²) in [6, 6.07) is 8.55. The summed E-state index contributed by atoms with van der Waals surface area (Å²) in [4.78, 5) is 39.1. The molecule has 0 saturated carbocycles. The molecule has 0 bridgehead atoms. The van der Waals surface area contributed by atoms with E-state index in [-0.39, 0.29) is 6.09 Å². The molecule has 3 aromatic heterocycles. The van der Waals surface area contributed by atoms with E-state index in [4.69, 9.17) is 9.47 Å². The van der Waals surface area contributed by atoms with Gasteiger partial charge in [0.1, 0.15) is 16.6 Å². The van der Waals surface area contributed by atoms with E-state index in [0.29, 0.717) is 49.7 Å². The van der Waals surface area contributed by atoms with E-state index < -0.39 is 6.03 Å². The molecule has 1 aliphatic rings. The molecule has 0 spiro atoms. The zero-order valence-electron chi connectivity index (χ0n) is 20.9. The summed E-state index contributed by atoms with van der Waals surface area (Å²) in [7, 11) is 0. The van der Waals surface area contributed by atoms with Crippen LogP contribution in [0.5, 0.6) is 5.88 Å². The van der Waals surface area contributed by atoms with Crippen molar-refractivity contribution in [1.82, 2.24) is 19.9 Å². The lowest BCUT2D eigenvalue weighted by Gasteiger charge is -2.31. The molecular weight excluding hydrogens is 492 g/mol. The number of nitrogens with zero attached hydrogens (tertiary/aromatic N) is 4. The van der Waals surface area contributed by atoms with Gasteiger partial charge in [-0.15, -0.1) is 11.3 Å². The van der Waals surface area contributed by atoms with Gasteiger partial charge in [0.05, 0.1) is 13.2 Å². The molecule has 0 unspecified atom stereocenters. The van der Waals surface area contributed by atoms with E-state index in [0.717, 1.165) is 42.7 Å². The maximum Gasteiger partial charge on any atom is 0.409 e. The Kier molecular flexibility index (Phi) is 9.64. The molecule has 3 aromatic rings. The third kappa shape index (κ3) is 8.14. The van der Waals surface area contributed by atoms with Gasteiger partial charge in [0, 0.05) is 42.5 Å². The fourth-order valence-corrected chi connectivity index (χ4v) is 4.67. The third-order valence-corrected chi connectivity index (χ3v) is 6.90. The SMILES string of the molecule is CCCCOC(=O)N1CCC(CCOc2cccc(NC(=O)Nc3csc(-c4ccncc4)n3)n2)CC1. The van der Waals surface area contributed by atoms with Crippen LogP contribution in [0.25, 0.3) is 10.6 Å². The van der Waals surface area contributed by atoms with E-state index in [1.807, 2.05) is 12.1 Å². The highest BCUT2D eigenvalue weighted by molar-refractivity contribution is 7.13. The first-order chi connectivity index (χ1) is 18.1. The second kappa shape index (κ2) is 13.5. The largest absolute Gasteiger partial charge is 0.478 e. The van der Waals surface area contributed by atoms with E-state index in [9.17, 15) is 9.59 Å². The highest BCUT2D eigenvalue weighted by Crippen LogP contribution is 2.25. The molecule has 0 aliphatic carbocycles. The summed E-state index contributed by atoms with van der Waals surface area (Å²) in [6.45, 7) is 4.51. The molecular formula is C26H32N6O4S. The summed E-state index contributed by atoms with van der Waals surface area (Å²) in [5.74, 6) is 1.78. The van der Waals surface area contributed by atoms with Crippen LogP contribution >= 0.6 is 11.3 Å². The molecule has 0 atom stereocenters. The van der Waals surface area contributed by atoms with Crippen molar-refractivity contribution in [1.29, 1.82) is 0 Å². The van der Waals surface area contributed by atoms with Crippen LogP contribution in [0.4, 0.5) is 21.2 Å². The van der Waals surface area contributed by atoms with Gasteiger partial charge in [-0.2, -0.15) is 4.98 Å². The molecule has 3 amide bonds. The number of aromatic nitrogens is 3. The Hall–Kier alpha value is -3.73. The van der Waals surface area contributed by atoms with E-state index in [1.54, 1.807) is 40.9 Å². The molecule has 196 valence electrons. The van der Waals surface area contributed by atoms with Crippen molar-refractivity contribution >= 4 is 35.1 Å². The molecule has 1 saturated heterocycles. The number of thiazole rings is 1. The van der Waals surface area contributed by atoms with Crippen LogP contribution in [0.15, 0.2) is 48.1 Å². The van der Waals surface area contributed by atoms with E-state index in [2.05, 4.69) is 32.5 Å². The Balaban J connectivity index is 1.17. The van der Waals surface area contributed by atoms with Crippen molar-refractivity contribution in [2.45, 2.75) is 39.0 Å². The van der Waals surface area contributed by atoms with Gasteiger partial charge in [-0.1, -0.05) is 19.4 Å². The van der Waals surface area contributed by atoms with Crippen molar-refractivity contribution < 1.29 is 19.1 Å². The number of urea groups is 1. The first-order valence-electron chi connectivity index (χ1n) is 12.6. The summed E-state index contributed by atoms with van der Waals surface area (Å²) in [5.41, 5.74) is 0.940. The number of likely N-dealkylation sites (tertiary alicyclic amines) is 1. The average molecular weight is 525 g/mol. The Bertz CT molecular complexity index is 1150. The number of hydrogen-bond acceptors (Lipinski definition) is 8. The number of nitrogens with one attached hydrogen (secondary N) is 2. The molecule has 37 heavy (non-hydrogen) atoms. The minimum Gasteiger partial charge on any atom is -0.478 e. The van der Waals surface area contributed by atoms with E-state index in [1.165, 1.54) is 11.3 Å². The van der Waals surface area contributed by atoms with Gasteiger partial charge < -0.3 is 14.4 Å². The lowest BCUT2D eigenvalue weighted by atomic mass is 9.94. The number of unbranched alkanes of at least 4 members (excludes halogenated alkanes) is 1. The molecule has 4 rings (SSSR count). The van der Waals surface area contributed by atoms with Gasteiger partial charge in [0.2, 0.25) is 5.88 Å². The van der Waals surface area contributed by atoms with Gasteiger partial charge in [0.15, 0.2) is 0 Å². The Morgan fingerprint density at radius 3 is 2.62 bits per heavy atom. The molecule has 11 heteroatoms. The fourth-order valence-electron chi connectivity index (χ4n) is 3.92. The molecule has 10 nitrogen and oxygen atoms in total. The summed E-state index contributed by atoms with van der Waals surface area (Å²) in [6.07, 6.45) is 7.85. The Labute approximate surface area is 220 Å². The number of rotatable bonds is 10. The number of ether oxygens (including phenoxy) is 2. The topological polar surface area (TPSA) is 119 Å². The predicted octanol–water partition coefficient (Wildman–Crippen LogP) is 5.66. The highest BCUT2D eigenvalue weighted by atomic mass is 32.1. The summed E-state index contributed by atoms with van der Waals surface area (Å²) < 4.78 is 11.1. The van der Waals surface area contributed by atoms with Crippen LogP contribution in [0, 0.1) is 5.92 Å². The number of piperidine rings is 1. The zero-order chi connectivity index (χ0) is 25.9. The average Bonchev–Trinajstić information content (AvgIpc) is 3.38. The van der Waals surface area contributed by atoms with Gasteiger partial charge >= 0.3 is 12.1 Å². The Morgan fingerprint density at radius 1 is 1.05 bits per heavy atom. The van der Waals surface area contributed by atoms with Crippen LogP contribution in [-0.2, 0) is 4.74 Å². The van der Waals surface area contributed by atoms with Crippen LogP contribution in [0.2, 0.25) is 0 Å². The minimum atomic E-state index is -0.434. The van der Waals surface area contributed by atoms with Crippen molar-refractivity contribution in [2.24, 2.45) is 5.92 Å². The van der Waals surface area contributed by atoms with Crippen molar-refractivity contribution in [3.8, 4) is 16.5 Å². The van der Waals surface area contributed by atoms with Crippen molar-refractivity contribution in [2.75, 3.05) is 36.9 Å². The number of hydrogen-bond donors (Lipinski definition) is 2. The van der Waals surface area contributed by atoms with Gasteiger partial charge in [0.25, 0.3) is 0 Å². The molecule has 1 fully saturated rings. The second-order valence-electron chi connectivity index (χ2n) is 8.75. The number of anilines is 2. The summed E-state index contributed by atoms with van der Waals surface area (Å²) >= 11 is 1.44.